The number of carbonyl (C=O) groups is 2. The van der Waals surface area contributed by atoms with Gasteiger partial charge in [0.05, 0.1) is 12.6 Å². The maximum absolute atomic E-state index is 13.0. The second-order valence-electron chi connectivity index (χ2n) is 6.89. The number of thiophene rings is 1. The van der Waals surface area contributed by atoms with Gasteiger partial charge in [-0.25, -0.2) is 4.79 Å². The smallest absolute Gasteiger partial charge is 0.345 e. The van der Waals surface area contributed by atoms with E-state index in [1.54, 1.807) is 25.3 Å². The number of benzene rings is 2. The quantitative estimate of drug-likeness (QED) is 0.667. The van der Waals surface area contributed by atoms with Gasteiger partial charge in [0.15, 0.2) is 0 Å². The normalized spacial score (nSPS) is 19.2. The van der Waals surface area contributed by atoms with Crippen LogP contribution in [0.1, 0.15) is 26.5 Å². The van der Waals surface area contributed by atoms with Crippen LogP contribution in [0, 0.1) is 0 Å². The lowest BCUT2D eigenvalue weighted by molar-refractivity contribution is -0.0479. The van der Waals surface area contributed by atoms with Crippen molar-refractivity contribution >= 4 is 34.0 Å². The lowest BCUT2D eigenvalue weighted by Crippen LogP contribution is -2.49. The highest BCUT2D eigenvalue weighted by molar-refractivity contribution is 7.17. The third-order valence-electron chi connectivity index (χ3n) is 5.17. The van der Waals surface area contributed by atoms with Crippen LogP contribution in [0.25, 0.3) is 21.2 Å². The third kappa shape index (κ3) is 3.89. The molecule has 0 bridgehead atoms. The van der Waals surface area contributed by atoms with E-state index in [4.69, 9.17) is 9.47 Å². The van der Waals surface area contributed by atoms with E-state index in [-0.39, 0.29) is 22.9 Å². The number of hydrogen-bond donors (Lipinski definition) is 2. The number of rotatable bonds is 5. The van der Waals surface area contributed by atoms with E-state index in [9.17, 15) is 14.7 Å². The Morgan fingerprint density at radius 2 is 1.93 bits per heavy atom. The minimum absolute atomic E-state index is 0.102. The predicted octanol–water partition coefficient (Wildman–Crippen LogP) is 3.80. The van der Waals surface area contributed by atoms with Gasteiger partial charge in [-0.3, -0.25) is 4.79 Å². The summed E-state index contributed by atoms with van der Waals surface area (Å²) in [5.74, 6) is -1.09. The SMILES string of the molecule is CO[C@H]1COCC[C@@H]1NC(=O)c1cccc2c(-c3ccc(C(=O)O)s3)cccc12. The zero-order chi connectivity index (χ0) is 20.4. The molecule has 2 heterocycles. The molecule has 0 unspecified atom stereocenters. The average Bonchev–Trinajstić information content (AvgIpc) is 3.23. The van der Waals surface area contributed by atoms with Crippen LogP contribution in [0.3, 0.4) is 0 Å². The molecule has 0 aliphatic carbocycles. The summed E-state index contributed by atoms with van der Waals surface area (Å²) in [6, 6.07) is 14.7. The van der Waals surface area contributed by atoms with Crippen molar-refractivity contribution in [2.45, 2.75) is 18.6 Å². The fraction of sp³-hybridized carbons (Fsp3) is 0.273. The molecule has 1 aliphatic rings. The number of carboxylic acid groups (broad SMARTS) is 1. The topological polar surface area (TPSA) is 84.9 Å². The summed E-state index contributed by atoms with van der Waals surface area (Å²) in [6.07, 6.45) is 0.534. The Kier molecular flexibility index (Phi) is 5.62. The molecule has 150 valence electrons. The molecule has 2 atom stereocenters. The summed E-state index contributed by atoms with van der Waals surface area (Å²) in [5.41, 5.74) is 1.50. The van der Waals surface area contributed by atoms with Gasteiger partial charge in [0.2, 0.25) is 0 Å². The maximum atomic E-state index is 13.0. The van der Waals surface area contributed by atoms with E-state index in [2.05, 4.69) is 5.32 Å². The first kappa shape index (κ1) is 19.6. The second kappa shape index (κ2) is 8.32. The molecular weight excluding hydrogens is 390 g/mol. The Morgan fingerprint density at radius 1 is 1.14 bits per heavy atom. The van der Waals surface area contributed by atoms with Crippen molar-refractivity contribution in [3.05, 3.63) is 59.0 Å². The van der Waals surface area contributed by atoms with Crippen LogP contribution in [-0.2, 0) is 9.47 Å². The Balaban J connectivity index is 1.69. The van der Waals surface area contributed by atoms with Crippen LogP contribution >= 0.6 is 11.3 Å². The molecular formula is C22H21NO5S. The Bertz CT molecular complexity index is 1060. The summed E-state index contributed by atoms with van der Waals surface area (Å²) >= 11 is 1.22. The standard InChI is InChI=1S/C22H21NO5S/c1-27-18-12-28-11-10-17(18)23-21(24)16-7-3-4-13-14(16)5-2-6-15(13)19-8-9-20(29-19)22(25)26/h2-9,17-18H,10-12H2,1H3,(H,23,24)(H,25,26)/t17-,18-/m0/s1. The first-order valence-electron chi connectivity index (χ1n) is 9.35. The molecule has 0 radical (unpaired) electrons. The Labute approximate surface area is 172 Å². The zero-order valence-electron chi connectivity index (χ0n) is 15.9. The number of fused-ring (bicyclic) bond motifs is 1. The number of amides is 1. The largest absolute Gasteiger partial charge is 0.477 e. The molecule has 7 heteroatoms. The lowest BCUT2D eigenvalue weighted by atomic mass is 9.98. The van der Waals surface area contributed by atoms with Crippen molar-refractivity contribution in [2.75, 3.05) is 20.3 Å². The van der Waals surface area contributed by atoms with Gasteiger partial charge in [-0.15, -0.1) is 11.3 Å². The van der Waals surface area contributed by atoms with E-state index < -0.39 is 5.97 Å². The monoisotopic (exact) mass is 411 g/mol. The van der Waals surface area contributed by atoms with Crippen LogP contribution in [0.2, 0.25) is 0 Å². The van der Waals surface area contributed by atoms with Crippen LogP contribution in [0.5, 0.6) is 0 Å². The van der Waals surface area contributed by atoms with Crippen molar-refractivity contribution in [1.29, 1.82) is 0 Å². The highest BCUT2D eigenvalue weighted by Crippen LogP contribution is 2.35. The first-order chi connectivity index (χ1) is 14.1. The fourth-order valence-corrected chi connectivity index (χ4v) is 4.56. The van der Waals surface area contributed by atoms with E-state index in [0.717, 1.165) is 21.2 Å². The molecule has 2 aromatic carbocycles. The van der Waals surface area contributed by atoms with Crippen LogP contribution in [0.4, 0.5) is 0 Å². The van der Waals surface area contributed by atoms with Gasteiger partial charge < -0.3 is 19.9 Å². The van der Waals surface area contributed by atoms with Crippen LogP contribution < -0.4 is 5.32 Å². The Morgan fingerprint density at radius 3 is 2.69 bits per heavy atom. The third-order valence-corrected chi connectivity index (χ3v) is 6.28. The molecule has 0 saturated carbocycles. The number of aromatic carboxylic acids is 1. The number of carboxylic acids is 1. The van der Waals surface area contributed by atoms with E-state index in [1.807, 2.05) is 30.3 Å². The van der Waals surface area contributed by atoms with Gasteiger partial charge in [0.1, 0.15) is 11.0 Å². The highest BCUT2D eigenvalue weighted by atomic mass is 32.1. The Hall–Kier alpha value is -2.74. The van der Waals surface area contributed by atoms with Crippen LogP contribution in [0.15, 0.2) is 48.5 Å². The molecule has 0 spiro atoms. The van der Waals surface area contributed by atoms with Gasteiger partial charge in [-0.2, -0.15) is 0 Å². The summed E-state index contributed by atoms with van der Waals surface area (Å²) in [5, 5.41) is 14.0. The number of nitrogens with one attached hydrogen (secondary N) is 1. The van der Waals surface area contributed by atoms with E-state index in [1.165, 1.54) is 11.3 Å². The minimum Gasteiger partial charge on any atom is -0.477 e. The highest BCUT2D eigenvalue weighted by Gasteiger charge is 2.27. The van der Waals surface area contributed by atoms with Crippen LogP contribution in [-0.4, -0.2) is 49.5 Å². The molecule has 1 aliphatic heterocycles. The second-order valence-corrected chi connectivity index (χ2v) is 7.98. The number of methoxy groups -OCH3 is 1. The summed E-state index contributed by atoms with van der Waals surface area (Å²) in [7, 11) is 1.62. The van der Waals surface area contributed by atoms with Gasteiger partial charge in [0.25, 0.3) is 5.91 Å². The van der Waals surface area contributed by atoms with E-state index in [0.29, 0.717) is 25.2 Å². The molecule has 1 aromatic heterocycles. The summed E-state index contributed by atoms with van der Waals surface area (Å²) < 4.78 is 10.9. The van der Waals surface area contributed by atoms with Crippen molar-refractivity contribution in [3.63, 3.8) is 0 Å². The molecule has 1 saturated heterocycles. The molecule has 1 amide bonds. The van der Waals surface area contributed by atoms with Crippen molar-refractivity contribution in [1.82, 2.24) is 5.32 Å². The molecule has 2 N–H and O–H groups in total. The molecule has 4 rings (SSSR count). The van der Waals surface area contributed by atoms with Crippen molar-refractivity contribution in [2.24, 2.45) is 0 Å². The lowest BCUT2D eigenvalue weighted by Gasteiger charge is -2.31. The molecule has 1 fully saturated rings. The van der Waals surface area contributed by atoms with Gasteiger partial charge in [-0.05, 0) is 41.0 Å². The summed E-state index contributed by atoms with van der Waals surface area (Å²) in [4.78, 5) is 25.4. The molecule has 29 heavy (non-hydrogen) atoms. The van der Waals surface area contributed by atoms with Gasteiger partial charge in [-0.1, -0.05) is 30.3 Å². The predicted molar refractivity (Wildman–Crippen MR) is 112 cm³/mol. The van der Waals surface area contributed by atoms with E-state index >= 15 is 0 Å². The summed E-state index contributed by atoms with van der Waals surface area (Å²) in [6.45, 7) is 1.06. The molecule has 3 aromatic rings. The van der Waals surface area contributed by atoms with Gasteiger partial charge >= 0.3 is 5.97 Å². The average molecular weight is 411 g/mol. The fourth-order valence-electron chi connectivity index (χ4n) is 3.68. The van der Waals surface area contributed by atoms with Crippen molar-refractivity contribution in [3.8, 4) is 10.4 Å². The minimum atomic E-state index is -0.939. The first-order valence-corrected chi connectivity index (χ1v) is 10.2. The van der Waals surface area contributed by atoms with Gasteiger partial charge in [0, 0.05) is 24.2 Å². The van der Waals surface area contributed by atoms with Crippen molar-refractivity contribution < 1.29 is 24.2 Å². The maximum Gasteiger partial charge on any atom is 0.345 e. The number of hydrogen-bond acceptors (Lipinski definition) is 5. The number of carbonyl (C=O) groups excluding carboxylic acids is 1. The molecule has 6 nitrogen and oxygen atoms in total. The zero-order valence-corrected chi connectivity index (χ0v) is 16.7. The number of ether oxygens (including phenoxy) is 2.